The van der Waals surface area contributed by atoms with Crippen LogP contribution in [-0.2, 0) is 0 Å². The molecular formula is C56H33N5. The van der Waals surface area contributed by atoms with Crippen molar-refractivity contribution in [2.75, 3.05) is 0 Å². The molecule has 0 atom stereocenters. The van der Waals surface area contributed by atoms with Crippen molar-refractivity contribution in [2.24, 2.45) is 0 Å². The highest BCUT2D eigenvalue weighted by molar-refractivity contribution is 6.29. The molecule has 13 aromatic rings. The number of rotatable bonds is 4. The fraction of sp³-hybridized carbons (Fsp3) is 0. The van der Waals surface area contributed by atoms with Crippen molar-refractivity contribution < 1.29 is 0 Å². The van der Waals surface area contributed by atoms with Gasteiger partial charge in [-0.3, -0.25) is 9.55 Å². The number of pyridine rings is 2. The van der Waals surface area contributed by atoms with Crippen LogP contribution in [0.4, 0.5) is 0 Å². The first-order chi connectivity index (χ1) is 30.2. The SMILES string of the molecule is c1ccc(-c2cc(-c3ccccc3)nc(-n3c4ccccc4c4cc5c6ccccc6c6cc(-c7ccc8c9ccccc9c9cccnc9c8n7)ccc6c5cc43)n2)cc1. The van der Waals surface area contributed by atoms with Gasteiger partial charge in [-0.2, -0.15) is 0 Å². The summed E-state index contributed by atoms with van der Waals surface area (Å²) in [4.78, 5) is 20.8. The molecule has 5 nitrogen and oxygen atoms in total. The minimum Gasteiger partial charge on any atom is -0.278 e. The first kappa shape index (κ1) is 33.7. The van der Waals surface area contributed by atoms with Gasteiger partial charge in [-0.1, -0.05) is 146 Å². The van der Waals surface area contributed by atoms with Gasteiger partial charge >= 0.3 is 0 Å². The molecule has 0 spiro atoms. The summed E-state index contributed by atoms with van der Waals surface area (Å²) in [7, 11) is 0. The quantitative estimate of drug-likeness (QED) is 0.167. The van der Waals surface area contributed by atoms with Gasteiger partial charge in [0.1, 0.15) is 0 Å². The largest absolute Gasteiger partial charge is 0.278 e. The molecule has 0 N–H and O–H groups in total. The van der Waals surface area contributed by atoms with Crippen molar-refractivity contribution in [1.82, 2.24) is 24.5 Å². The number of fused-ring (bicyclic) bond motifs is 15. The lowest BCUT2D eigenvalue weighted by Crippen LogP contribution is -2.04. The zero-order valence-corrected chi connectivity index (χ0v) is 32.8. The van der Waals surface area contributed by atoms with Gasteiger partial charge in [0.2, 0.25) is 5.95 Å². The molecule has 13 rings (SSSR count). The molecule has 0 saturated carbocycles. The van der Waals surface area contributed by atoms with Gasteiger partial charge in [-0.05, 0) is 91.6 Å². The van der Waals surface area contributed by atoms with Crippen LogP contribution < -0.4 is 0 Å². The van der Waals surface area contributed by atoms with Crippen molar-refractivity contribution in [1.29, 1.82) is 0 Å². The van der Waals surface area contributed by atoms with E-state index in [2.05, 4.69) is 180 Å². The van der Waals surface area contributed by atoms with Gasteiger partial charge in [0, 0.05) is 44.4 Å². The van der Waals surface area contributed by atoms with Crippen molar-refractivity contribution in [3.05, 3.63) is 200 Å². The molecule has 61 heavy (non-hydrogen) atoms. The average Bonchev–Trinajstić information content (AvgIpc) is 3.67. The molecule has 0 fully saturated rings. The second-order valence-electron chi connectivity index (χ2n) is 15.8. The third-order valence-corrected chi connectivity index (χ3v) is 12.4. The van der Waals surface area contributed by atoms with Crippen molar-refractivity contribution >= 4 is 86.7 Å². The zero-order chi connectivity index (χ0) is 40.0. The van der Waals surface area contributed by atoms with Crippen LogP contribution in [0.1, 0.15) is 0 Å². The van der Waals surface area contributed by atoms with Crippen LogP contribution in [0.3, 0.4) is 0 Å². The van der Waals surface area contributed by atoms with E-state index >= 15 is 0 Å². The van der Waals surface area contributed by atoms with Crippen LogP contribution in [0.15, 0.2) is 200 Å². The molecular weight excluding hydrogens is 743 g/mol. The highest BCUT2D eigenvalue weighted by atomic mass is 15.2. The Morgan fingerprint density at radius 1 is 0.279 bits per heavy atom. The summed E-state index contributed by atoms with van der Waals surface area (Å²) >= 11 is 0. The highest BCUT2D eigenvalue weighted by Gasteiger charge is 2.20. The maximum Gasteiger partial charge on any atom is 0.235 e. The molecule has 5 heteroatoms. The van der Waals surface area contributed by atoms with Gasteiger partial charge in [-0.15, -0.1) is 0 Å². The predicted octanol–water partition coefficient (Wildman–Crippen LogP) is 14.3. The number of benzene rings is 9. The van der Waals surface area contributed by atoms with Gasteiger partial charge in [0.05, 0.1) is 39.1 Å². The van der Waals surface area contributed by atoms with Gasteiger partial charge < -0.3 is 0 Å². The topological polar surface area (TPSA) is 56.5 Å². The van der Waals surface area contributed by atoms with E-state index in [1.807, 2.05) is 24.4 Å². The van der Waals surface area contributed by atoms with Gasteiger partial charge in [0.25, 0.3) is 0 Å². The number of hydrogen-bond donors (Lipinski definition) is 0. The Labute approximate surface area is 349 Å². The normalized spacial score (nSPS) is 11.9. The fourth-order valence-corrected chi connectivity index (χ4v) is 9.62. The molecule has 0 radical (unpaired) electrons. The molecule has 282 valence electrons. The first-order valence-electron chi connectivity index (χ1n) is 20.6. The minimum atomic E-state index is 0.635. The molecule has 0 unspecified atom stereocenters. The Morgan fingerprint density at radius 3 is 1.49 bits per heavy atom. The zero-order valence-electron chi connectivity index (χ0n) is 32.8. The summed E-state index contributed by atoms with van der Waals surface area (Å²) in [5.41, 5.74) is 9.77. The first-order valence-corrected chi connectivity index (χ1v) is 20.6. The molecule has 0 aliphatic rings. The van der Waals surface area contributed by atoms with E-state index in [1.165, 1.54) is 43.1 Å². The van der Waals surface area contributed by atoms with Gasteiger partial charge in [0.15, 0.2) is 0 Å². The molecule has 0 bridgehead atoms. The second kappa shape index (κ2) is 13.1. The highest BCUT2D eigenvalue weighted by Crippen LogP contribution is 2.42. The van der Waals surface area contributed by atoms with E-state index in [0.717, 1.165) is 77.4 Å². The van der Waals surface area contributed by atoms with Crippen LogP contribution in [0.2, 0.25) is 0 Å². The average molecular weight is 776 g/mol. The van der Waals surface area contributed by atoms with E-state index in [4.69, 9.17) is 19.9 Å². The van der Waals surface area contributed by atoms with Crippen LogP contribution in [-0.4, -0.2) is 24.5 Å². The smallest absolute Gasteiger partial charge is 0.235 e. The molecule has 0 amide bonds. The fourth-order valence-electron chi connectivity index (χ4n) is 9.62. The molecule has 9 aromatic carbocycles. The third kappa shape index (κ3) is 5.14. The van der Waals surface area contributed by atoms with Crippen molar-refractivity contribution in [2.45, 2.75) is 0 Å². The Balaban J connectivity index is 1.07. The Morgan fingerprint density at radius 2 is 0.803 bits per heavy atom. The van der Waals surface area contributed by atoms with E-state index in [1.54, 1.807) is 0 Å². The van der Waals surface area contributed by atoms with Crippen molar-refractivity contribution in [3.8, 4) is 39.7 Å². The molecule has 4 aromatic heterocycles. The number of para-hydroxylation sites is 1. The number of nitrogens with zero attached hydrogens (tertiary/aromatic N) is 5. The monoisotopic (exact) mass is 775 g/mol. The third-order valence-electron chi connectivity index (χ3n) is 12.4. The summed E-state index contributed by atoms with van der Waals surface area (Å²) in [6, 6.07) is 68.9. The molecule has 4 heterocycles. The Bertz CT molecular complexity index is 3840. The van der Waals surface area contributed by atoms with E-state index in [-0.39, 0.29) is 0 Å². The lowest BCUT2D eigenvalue weighted by Gasteiger charge is -2.14. The Kier molecular flexibility index (Phi) is 7.24. The summed E-state index contributed by atoms with van der Waals surface area (Å²) in [5, 5.41) is 14.1. The summed E-state index contributed by atoms with van der Waals surface area (Å²) < 4.78 is 2.25. The maximum atomic E-state index is 5.36. The van der Waals surface area contributed by atoms with E-state index in [0.29, 0.717) is 5.95 Å². The summed E-state index contributed by atoms with van der Waals surface area (Å²) in [6.45, 7) is 0. The number of hydrogen-bond acceptors (Lipinski definition) is 4. The van der Waals surface area contributed by atoms with Crippen LogP contribution in [0.5, 0.6) is 0 Å². The van der Waals surface area contributed by atoms with Crippen LogP contribution in [0, 0.1) is 0 Å². The van der Waals surface area contributed by atoms with E-state index in [9.17, 15) is 0 Å². The standard InChI is InChI=1S/C56H33N5/c1-3-14-34(15-4-1)50-33-51(35-16-5-2-6-17-35)60-56(59-50)61-52-24-12-11-22-42(52)48-31-46-40-21-10-9-20-39(40)45-30-36(25-26-41(45)47(46)32-53(48)61)49-28-27-44-38-19-8-7-18-37(38)43-23-13-29-57-54(43)55(44)58-49/h1-33H. The lowest BCUT2D eigenvalue weighted by molar-refractivity contribution is 0.996. The van der Waals surface area contributed by atoms with Crippen LogP contribution >= 0.6 is 0 Å². The van der Waals surface area contributed by atoms with E-state index < -0.39 is 0 Å². The molecule has 0 aliphatic carbocycles. The lowest BCUT2D eigenvalue weighted by atomic mass is 9.91. The molecule has 0 saturated heterocycles. The maximum absolute atomic E-state index is 5.36. The predicted molar refractivity (Wildman–Crippen MR) is 253 cm³/mol. The van der Waals surface area contributed by atoms with Crippen LogP contribution in [0.25, 0.3) is 126 Å². The Hall–Kier alpha value is -8.28. The summed E-state index contributed by atoms with van der Waals surface area (Å²) in [6.07, 6.45) is 1.86. The van der Waals surface area contributed by atoms with Gasteiger partial charge in [-0.25, -0.2) is 15.0 Å². The number of aromatic nitrogens is 5. The summed E-state index contributed by atoms with van der Waals surface area (Å²) in [5.74, 6) is 0.635. The second-order valence-corrected chi connectivity index (χ2v) is 15.8. The minimum absolute atomic E-state index is 0.635. The van der Waals surface area contributed by atoms with Crippen molar-refractivity contribution in [3.63, 3.8) is 0 Å². The molecule has 0 aliphatic heterocycles.